The molecule has 1 aliphatic rings. The standard InChI is InChI=1S/C30H34N2O3/c1-20(2)29-25-17-23(22-7-5-21(6-8-22)19-32-13-15-35-16-14-32)9-11-26(25)31-30(29)24-10-12-27(33-3)28(18-24)34-4/h5-12,17-18,20,31H,13-16,19H2,1-4H3. The summed E-state index contributed by atoms with van der Waals surface area (Å²) < 4.78 is 16.5. The Labute approximate surface area is 207 Å². The lowest BCUT2D eigenvalue weighted by Crippen LogP contribution is -2.35. The number of aromatic amines is 1. The van der Waals surface area contributed by atoms with Gasteiger partial charge in [-0.2, -0.15) is 0 Å². The summed E-state index contributed by atoms with van der Waals surface area (Å²) >= 11 is 0. The lowest BCUT2D eigenvalue weighted by Gasteiger charge is -2.26. The second kappa shape index (κ2) is 10.1. The van der Waals surface area contributed by atoms with Crippen LogP contribution < -0.4 is 9.47 Å². The number of hydrogen-bond donors (Lipinski definition) is 1. The van der Waals surface area contributed by atoms with Crippen LogP contribution in [-0.4, -0.2) is 50.4 Å². The van der Waals surface area contributed by atoms with Crippen molar-refractivity contribution in [2.75, 3.05) is 40.5 Å². The molecule has 1 fully saturated rings. The van der Waals surface area contributed by atoms with Crippen molar-refractivity contribution < 1.29 is 14.2 Å². The van der Waals surface area contributed by atoms with E-state index >= 15 is 0 Å². The van der Waals surface area contributed by atoms with Crippen LogP contribution in [0.1, 0.15) is 30.9 Å². The molecule has 182 valence electrons. The maximum Gasteiger partial charge on any atom is 0.161 e. The number of hydrogen-bond acceptors (Lipinski definition) is 4. The number of nitrogens with one attached hydrogen (secondary N) is 1. The average Bonchev–Trinajstić information content (AvgIpc) is 3.28. The minimum Gasteiger partial charge on any atom is -0.493 e. The Morgan fingerprint density at radius 1 is 0.829 bits per heavy atom. The zero-order valence-corrected chi connectivity index (χ0v) is 21.1. The van der Waals surface area contributed by atoms with Crippen molar-refractivity contribution in [1.29, 1.82) is 0 Å². The number of aromatic nitrogens is 1. The lowest BCUT2D eigenvalue weighted by molar-refractivity contribution is 0.0342. The first kappa shape index (κ1) is 23.5. The smallest absolute Gasteiger partial charge is 0.161 e. The topological polar surface area (TPSA) is 46.7 Å². The molecule has 1 aromatic heterocycles. The first-order valence-electron chi connectivity index (χ1n) is 12.3. The molecule has 1 N–H and O–H groups in total. The second-order valence-electron chi connectivity index (χ2n) is 9.48. The van der Waals surface area contributed by atoms with Gasteiger partial charge in [0.2, 0.25) is 0 Å². The van der Waals surface area contributed by atoms with E-state index in [-0.39, 0.29) is 0 Å². The molecule has 0 bridgehead atoms. The third kappa shape index (κ3) is 4.79. The molecule has 0 amide bonds. The van der Waals surface area contributed by atoms with E-state index in [2.05, 4.69) is 72.3 Å². The van der Waals surface area contributed by atoms with Gasteiger partial charge in [0.1, 0.15) is 0 Å². The summed E-state index contributed by atoms with van der Waals surface area (Å²) in [6.45, 7) is 9.15. The van der Waals surface area contributed by atoms with Crippen molar-refractivity contribution in [3.05, 3.63) is 71.8 Å². The Morgan fingerprint density at radius 2 is 1.51 bits per heavy atom. The highest BCUT2D eigenvalue weighted by atomic mass is 16.5. The van der Waals surface area contributed by atoms with E-state index in [1.54, 1.807) is 14.2 Å². The molecule has 1 aliphatic heterocycles. The fourth-order valence-corrected chi connectivity index (χ4v) is 5.03. The van der Waals surface area contributed by atoms with E-state index < -0.39 is 0 Å². The SMILES string of the molecule is COc1ccc(-c2[nH]c3ccc(-c4ccc(CN5CCOCC5)cc4)cc3c2C(C)C)cc1OC. The van der Waals surface area contributed by atoms with E-state index in [1.807, 2.05) is 12.1 Å². The third-order valence-corrected chi connectivity index (χ3v) is 6.89. The van der Waals surface area contributed by atoms with Crippen LogP contribution in [0.4, 0.5) is 0 Å². The molecule has 0 aliphatic carbocycles. The molecule has 5 heteroatoms. The number of benzene rings is 3. The van der Waals surface area contributed by atoms with Crippen LogP contribution in [0.2, 0.25) is 0 Å². The van der Waals surface area contributed by atoms with Crippen molar-refractivity contribution in [3.8, 4) is 33.9 Å². The van der Waals surface area contributed by atoms with E-state index in [0.717, 1.165) is 61.1 Å². The maximum absolute atomic E-state index is 5.56. The van der Waals surface area contributed by atoms with Crippen molar-refractivity contribution >= 4 is 10.9 Å². The molecule has 0 atom stereocenters. The molecule has 5 rings (SSSR count). The van der Waals surface area contributed by atoms with Gasteiger partial charge in [0.05, 0.1) is 33.1 Å². The van der Waals surface area contributed by atoms with E-state index in [1.165, 1.54) is 27.6 Å². The second-order valence-corrected chi connectivity index (χ2v) is 9.48. The Balaban J connectivity index is 1.49. The predicted molar refractivity (Wildman–Crippen MR) is 142 cm³/mol. The number of fused-ring (bicyclic) bond motifs is 1. The molecular weight excluding hydrogens is 436 g/mol. The summed E-state index contributed by atoms with van der Waals surface area (Å²) in [4.78, 5) is 6.13. The Kier molecular flexibility index (Phi) is 6.80. The van der Waals surface area contributed by atoms with Gasteiger partial charge in [-0.1, -0.05) is 44.2 Å². The van der Waals surface area contributed by atoms with Gasteiger partial charge in [0.25, 0.3) is 0 Å². The van der Waals surface area contributed by atoms with Gasteiger partial charge in [-0.25, -0.2) is 0 Å². The zero-order valence-electron chi connectivity index (χ0n) is 21.1. The molecule has 3 aromatic carbocycles. The van der Waals surface area contributed by atoms with Crippen LogP contribution in [-0.2, 0) is 11.3 Å². The van der Waals surface area contributed by atoms with E-state index in [9.17, 15) is 0 Å². The molecule has 2 heterocycles. The molecule has 35 heavy (non-hydrogen) atoms. The average molecular weight is 471 g/mol. The number of rotatable bonds is 7. The van der Waals surface area contributed by atoms with Crippen LogP contribution in [0.15, 0.2) is 60.7 Å². The maximum atomic E-state index is 5.56. The van der Waals surface area contributed by atoms with Gasteiger partial charge in [-0.3, -0.25) is 4.90 Å². The summed E-state index contributed by atoms with van der Waals surface area (Å²) in [5.41, 5.74) is 8.50. The number of ether oxygens (including phenoxy) is 3. The van der Waals surface area contributed by atoms with Gasteiger partial charge >= 0.3 is 0 Å². The quantitative estimate of drug-likeness (QED) is 0.336. The molecule has 0 unspecified atom stereocenters. The van der Waals surface area contributed by atoms with Crippen molar-refractivity contribution in [2.24, 2.45) is 0 Å². The largest absolute Gasteiger partial charge is 0.493 e. The fourth-order valence-electron chi connectivity index (χ4n) is 5.03. The van der Waals surface area contributed by atoms with Crippen molar-refractivity contribution in [3.63, 3.8) is 0 Å². The van der Waals surface area contributed by atoms with E-state index in [4.69, 9.17) is 14.2 Å². The van der Waals surface area contributed by atoms with Gasteiger partial charge in [0.15, 0.2) is 11.5 Å². The predicted octanol–water partition coefficient (Wildman–Crippen LogP) is 6.47. The van der Waals surface area contributed by atoms with Gasteiger partial charge in [0, 0.05) is 36.1 Å². The molecule has 1 saturated heterocycles. The summed E-state index contributed by atoms with van der Waals surface area (Å²) in [6, 6.07) is 21.8. The molecule has 4 aromatic rings. The Bertz CT molecular complexity index is 1300. The fraction of sp³-hybridized carbons (Fsp3) is 0.333. The summed E-state index contributed by atoms with van der Waals surface area (Å²) in [5.74, 6) is 1.83. The Morgan fingerprint density at radius 3 is 2.20 bits per heavy atom. The highest BCUT2D eigenvalue weighted by molar-refractivity contribution is 5.94. The van der Waals surface area contributed by atoms with Gasteiger partial charge in [-0.05, 0) is 58.5 Å². The first-order valence-corrected chi connectivity index (χ1v) is 12.3. The molecule has 0 radical (unpaired) electrons. The molecular formula is C30H34N2O3. The van der Waals surface area contributed by atoms with Gasteiger partial charge in [-0.15, -0.1) is 0 Å². The summed E-state index contributed by atoms with van der Waals surface area (Å²) in [7, 11) is 3.34. The summed E-state index contributed by atoms with van der Waals surface area (Å²) in [6.07, 6.45) is 0. The monoisotopic (exact) mass is 470 g/mol. The van der Waals surface area contributed by atoms with Crippen LogP contribution in [0, 0.1) is 0 Å². The van der Waals surface area contributed by atoms with Crippen molar-refractivity contribution in [2.45, 2.75) is 26.3 Å². The number of morpholine rings is 1. The first-order chi connectivity index (χ1) is 17.1. The minimum atomic E-state index is 0.359. The lowest BCUT2D eigenvalue weighted by atomic mass is 9.94. The molecule has 0 spiro atoms. The Hall–Kier alpha value is -3.28. The zero-order chi connectivity index (χ0) is 24.4. The third-order valence-electron chi connectivity index (χ3n) is 6.89. The van der Waals surface area contributed by atoms with Crippen LogP contribution in [0.25, 0.3) is 33.3 Å². The number of H-pyrrole nitrogens is 1. The van der Waals surface area contributed by atoms with E-state index in [0.29, 0.717) is 5.92 Å². The van der Waals surface area contributed by atoms with Crippen LogP contribution in [0.3, 0.4) is 0 Å². The number of methoxy groups -OCH3 is 2. The molecule has 0 saturated carbocycles. The minimum absolute atomic E-state index is 0.359. The highest BCUT2D eigenvalue weighted by Gasteiger charge is 2.18. The van der Waals surface area contributed by atoms with Crippen molar-refractivity contribution in [1.82, 2.24) is 9.88 Å². The van der Waals surface area contributed by atoms with Gasteiger partial charge < -0.3 is 19.2 Å². The molecule has 5 nitrogen and oxygen atoms in total. The number of nitrogens with zero attached hydrogens (tertiary/aromatic N) is 1. The highest BCUT2D eigenvalue weighted by Crippen LogP contribution is 2.40. The normalized spacial score (nSPS) is 14.5. The summed E-state index contributed by atoms with van der Waals surface area (Å²) in [5, 5.41) is 1.26. The van der Waals surface area contributed by atoms with Crippen LogP contribution >= 0.6 is 0 Å². The van der Waals surface area contributed by atoms with Crippen LogP contribution in [0.5, 0.6) is 11.5 Å².